The van der Waals surface area contributed by atoms with Crippen molar-refractivity contribution in [1.29, 1.82) is 0 Å². The van der Waals surface area contributed by atoms with Gasteiger partial charge in [-0.25, -0.2) is 5.43 Å². The van der Waals surface area contributed by atoms with E-state index in [9.17, 15) is 13.2 Å². The highest BCUT2D eigenvalue weighted by atomic mass is 32.2. The largest absolute Gasteiger partial charge is 0.497 e. The Morgan fingerprint density at radius 2 is 1.48 bits per heavy atom. The van der Waals surface area contributed by atoms with Crippen molar-refractivity contribution in [1.82, 2.24) is 5.43 Å². The van der Waals surface area contributed by atoms with Crippen LogP contribution >= 0.6 is 0 Å². The number of hydrazone groups is 1. The highest BCUT2D eigenvalue weighted by molar-refractivity contribution is 7.87. The number of ether oxygens (including phenoxy) is 2. The summed E-state index contributed by atoms with van der Waals surface area (Å²) in [6.45, 7) is 0. The minimum absolute atomic E-state index is 0.000810. The number of rotatable bonds is 8. The molecule has 0 unspecified atom stereocenters. The second-order valence-corrected chi connectivity index (χ2v) is 7.76. The molecule has 0 fully saturated rings. The van der Waals surface area contributed by atoms with E-state index in [2.05, 4.69) is 10.5 Å². The van der Waals surface area contributed by atoms with E-state index in [0.29, 0.717) is 22.6 Å². The molecule has 8 nitrogen and oxygen atoms in total. The number of nitrogens with one attached hydrogen (secondary N) is 1. The fourth-order valence-electron chi connectivity index (χ4n) is 2.54. The van der Waals surface area contributed by atoms with Crippen LogP contribution in [0.1, 0.15) is 15.9 Å². The monoisotopic (exact) mass is 440 g/mol. The number of nitrogens with zero attached hydrogens (tertiary/aromatic N) is 1. The molecule has 0 aliphatic heterocycles. The van der Waals surface area contributed by atoms with Crippen LogP contribution in [0, 0.1) is 0 Å². The molecule has 0 aromatic heterocycles. The molecule has 0 aliphatic carbocycles. The maximum absolute atomic E-state index is 12.5. The molecule has 0 spiro atoms. The van der Waals surface area contributed by atoms with Crippen LogP contribution in [0.2, 0.25) is 0 Å². The minimum Gasteiger partial charge on any atom is -0.497 e. The van der Waals surface area contributed by atoms with Crippen LogP contribution in [0.15, 0.2) is 82.8 Å². The average Bonchev–Trinajstić information content (AvgIpc) is 2.79. The van der Waals surface area contributed by atoms with Gasteiger partial charge in [-0.2, -0.15) is 13.5 Å². The topological polar surface area (TPSA) is 103 Å². The Bertz CT molecular complexity index is 1170. The first-order chi connectivity index (χ1) is 14.9. The summed E-state index contributed by atoms with van der Waals surface area (Å²) in [5, 5.41) is 3.90. The Hall–Kier alpha value is -3.85. The predicted molar refractivity (Wildman–Crippen MR) is 115 cm³/mol. The number of benzene rings is 3. The first-order valence-electron chi connectivity index (χ1n) is 9.07. The van der Waals surface area contributed by atoms with Crippen molar-refractivity contribution in [3.8, 4) is 17.2 Å². The molecule has 3 rings (SSSR count). The lowest BCUT2D eigenvalue weighted by molar-refractivity contribution is 0.0955. The average molecular weight is 440 g/mol. The first kappa shape index (κ1) is 21.8. The van der Waals surface area contributed by atoms with Gasteiger partial charge in [0.2, 0.25) is 0 Å². The Morgan fingerprint density at radius 1 is 0.871 bits per heavy atom. The Morgan fingerprint density at radius 3 is 2.10 bits per heavy atom. The van der Waals surface area contributed by atoms with Gasteiger partial charge in [0.15, 0.2) is 0 Å². The van der Waals surface area contributed by atoms with Crippen molar-refractivity contribution in [2.75, 3.05) is 14.2 Å². The number of carbonyl (C=O) groups is 1. The second kappa shape index (κ2) is 9.77. The third-order valence-electron chi connectivity index (χ3n) is 4.14. The van der Waals surface area contributed by atoms with Gasteiger partial charge in [0, 0.05) is 5.56 Å². The molecular formula is C22H20N2O6S. The van der Waals surface area contributed by atoms with E-state index in [1.54, 1.807) is 43.5 Å². The summed E-state index contributed by atoms with van der Waals surface area (Å²) in [7, 11) is -0.977. The summed E-state index contributed by atoms with van der Waals surface area (Å²) in [5.74, 6) is 0.893. The van der Waals surface area contributed by atoms with Crippen molar-refractivity contribution in [2.45, 2.75) is 4.90 Å². The molecule has 3 aromatic rings. The molecule has 1 N–H and O–H groups in total. The van der Waals surface area contributed by atoms with Gasteiger partial charge in [-0.05, 0) is 66.2 Å². The zero-order valence-corrected chi connectivity index (χ0v) is 17.6. The smallest absolute Gasteiger partial charge is 0.339 e. The summed E-state index contributed by atoms with van der Waals surface area (Å²) in [6.07, 6.45) is 1.38. The molecule has 0 heterocycles. The SMILES string of the molecule is COc1ccc(C(=O)N/N=C\c2cccc(OS(=O)(=O)c3ccc(OC)cc3)c2)cc1. The van der Waals surface area contributed by atoms with E-state index in [0.717, 1.165) is 0 Å². The highest BCUT2D eigenvalue weighted by Crippen LogP contribution is 2.21. The highest BCUT2D eigenvalue weighted by Gasteiger charge is 2.16. The number of hydrogen-bond acceptors (Lipinski definition) is 7. The molecule has 0 saturated heterocycles. The standard InChI is InChI=1S/C22H20N2O6S/c1-28-18-8-6-17(7-9-18)22(25)24-23-15-16-4-3-5-20(14-16)30-31(26,27)21-12-10-19(29-2)11-13-21/h3-15H,1-2H3,(H,24,25)/b23-15-. The number of hydrogen-bond donors (Lipinski definition) is 1. The summed E-state index contributed by atoms with van der Waals surface area (Å²) in [6, 6.07) is 18.7. The predicted octanol–water partition coefficient (Wildman–Crippen LogP) is 3.24. The fraction of sp³-hybridized carbons (Fsp3) is 0.0909. The summed E-state index contributed by atoms with van der Waals surface area (Å²) in [4.78, 5) is 12.1. The lowest BCUT2D eigenvalue weighted by Crippen LogP contribution is -2.17. The van der Waals surface area contributed by atoms with E-state index in [1.165, 1.54) is 49.7 Å². The first-order valence-corrected chi connectivity index (χ1v) is 10.5. The third-order valence-corrected chi connectivity index (χ3v) is 5.41. The normalized spacial score (nSPS) is 11.2. The molecule has 1 amide bonds. The quantitative estimate of drug-likeness (QED) is 0.328. The molecule has 0 aliphatic rings. The van der Waals surface area contributed by atoms with E-state index in [1.807, 2.05) is 0 Å². The van der Waals surface area contributed by atoms with Gasteiger partial charge < -0.3 is 13.7 Å². The fourth-order valence-corrected chi connectivity index (χ4v) is 3.46. The van der Waals surface area contributed by atoms with Crippen LogP contribution < -0.4 is 19.1 Å². The van der Waals surface area contributed by atoms with Gasteiger partial charge >= 0.3 is 10.1 Å². The van der Waals surface area contributed by atoms with Gasteiger partial charge in [0.05, 0.1) is 20.4 Å². The zero-order chi connectivity index (χ0) is 22.3. The molecule has 0 bridgehead atoms. The molecular weight excluding hydrogens is 420 g/mol. The van der Waals surface area contributed by atoms with Crippen molar-refractivity contribution in [3.05, 3.63) is 83.9 Å². The number of methoxy groups -OCH3 is 2. The lowest BCUT2D eigenvalue weighted by atomic mass is 10.2. The molecule has 0 saturated carbocycles. The van der Waals surface area contributed by atoms with Crippen molar-refractivity contribution >= 4 is 22.2 Å². The molecule has 0 radical (unpaired) electrons. The van der Waals surface area contributed by atoms with Gasteiger partial charge in [0.25, 0.3) is 5.91 Å². The van der Waals surface area contributed by atoms with Crippen LogP contribution in [0.5, 0.6) is 17.2 Å². The zero-order valence-electron chi connectivity index (χ0n) is 16.8. The lowest BCUT2D eigenvalue weighted by Gasteiger charge is -2.08. The van der Waals surface area contributed by atoms with Gasteiger partial charge in [-0.3, -0.25) is 4.79 Å². The van der Waals surface area contributed by atoms with Gasteiger partial charge in [-0.15, -0.1) is 0 Å². The van der Waals surface area contributed by atoms with Crippen LogP contribution in [0.3, 0.4) is 0 Å². The Labute approximate surface area is 180 Å². The van der Waals surface area contributed by atoms with E-state index in [4.69, 9.17) is 13.7 Å². The summed E-state index contributed by atoms with van der Waals surface area (Å²) >= 11 is 0. The summed E-state index contributed by atoms with van der Waals surface area (Å²) in [5.41, 5.74) is 3.36. The number of carbonyl (C=O) groups excluding carboxylic acids is 1. The Kier molecular flexibility index (Phi) is 6.88. The van der Waals surface area contributed by atoms with Crippen LogP contribution in [-0.4, -0.2) is 34.8 Å². The minimum atomic E-state index is -4.01. The molecule has 0 atom stereocenters. The number of amides is 1. The van der Waals surface area contributed by atoms with Crippen LogP contribution in [0.25, 0.3) is 0 Å². The molecule has 9 heteroatoms. The second-order valence-electron chi connectivity index (χ2n) is 6.21. The third kappa shape index (κ3) is 5.83. The molecule has 3 aromatic carbocycles. The van der Waals surface area contributed by atoms with Crippen molar-refractivity contribution in [3.63, 3.8) is 0 Å². The summed E-state index contributed by atoms with van der Waals surface area (Å²) < 4.78 is 40.2. The van der Waals surface area contributed by atoms with Crippen LogP contribution in [-0.2, 0) is 10.1 Å². The maximum atomic E-state index is 12.5. The van der Waals surface area contributed by atoms with E-state index in [-0.39, 0.29) is 10.6 Å². The van der Waals surface area contributed by atoms with Gasteiger partial charge in [-0.1, -0.05) is 12.1 Å². The van der Waals surface area contributed by atoms with E-state index >= 15 is 0 Å². The van der Waals surface area contributed by atoms with E-state index < -0.39 is 16.0 Å². The van der Waals surface area contributed by atoms with Crippen molar-refractivity contribution in [2.24, 2.45) is 5.10 Å². The molecule has 31 heavy (non-hydrogen) atoms. The van der Waals surface area contributed by atoms with Crippen molar-refractivity contribution < 1.29 is 26.9 Å². The van der Waals surface area contributed by atoms with Crippen LogP contribution in [0.4, 0.5) is 0 Å². The Balaban J connectivity index is 1.65. The van der Waals surface area contributed by atoms with Gasteiger partial charge in [0.1, 0.15) is 22.1 Å². The maximum Gasteiger partial charge on any atom is 0.339 e. The molecule has 160 valence electrons.